The molecular formula is C25H25NO2. The van der Waals surface area contributed by atoms with Crippen LogP contribution >= 0.6 is 0 Å². The standard InChI is InChI=1S/C25H25NO2/c1-19-17-26(23(19)25(27)28-18-20-11-5-2-6-12-20)24(21-13-7-3-8-14-21)22-15-9-4-10-16-22/h2-16,19,23-24H,17-18H2,1H3. The molecule has 0 saturated carbocycles. The minimum atomic E-state index is -0.228. The Bertz CT molecular complexity index is 856. The largest absolute Gasteiger partial charge is 0.460 e. The van der Waals surface area contributed by atoms with Gasteiger partial charge in [-0.3, -0.25) is 9.69 Å². The van der Waals surface area contributed by atoms with Crippen molar-refractivity contribution in [2.45, 2.75) is 25.6 Å². The topological polar surface area (TPSA) is 29.5 Å². The number of ether oxygens (including phenoxy) is 1. The number of carbonyl (C=O) groups excluding carboxylic acids is 1. The van der Waals surface area contributed by atoms with Crippen molar-refractivity contribution in [2.24, 2.45) is 5.92 Å². The van der Waals surface area contributed by atoms with Gasteiger partial charge in [0.05, 0.1) is 6.04 Å². The Balaban J connectivity index is 1.55. The summed E-state index contributed by atoms with van der Waals surface area (Å²) in [5.74, 6) is 0.137. The van der Waals surface area contributed by atoms with Crippen LogP contribution in [0.3, 0.4) is 0 Å². The smallest absolute Gasteiger partial charge is 0.324 e. The predicted molar refractivity (Wildman–Crippen MR) is 111 cm³/mol. The molecule has 3 nitrogen and oxygen atoms in total. The van der Waals surface area contributed by atoms with Crippen LogP contribution in [-0.2, 0) is 16.1 Å². The van der Waals surface area contributed by atoms with Gasteiger partial charge in [-0.25, -0.2) is 0 Å². The van der Waals surface area contributed by atoms with E-state index in [1.807, 2.05) is 42.5 Å². The first-order valence-corrected chi connectivity index (χ1v) is 9.80. The second kappa shape index (κ2) is 8.41. The highest BCUT2D eigenvalue weighted by atomic mass is 16.5. The molecule has 0 aliphatic carbocycles. The maximum atomic E-state index is 12.9. The zero-order valence-corrected chi connectivity index (χ0v) is 16.1. The molecule has 3 aromatic rings. The fourth-order valence-corrected chi connectivity index (χ4v) is 4.03. The highest BCUT2D eigenvalue weighted by Gasteiger charge is 2.46. The van der Waals surface area contributed by atoms with Gasteiger partial charge in [0.15, 0.2) is 0 Å². The Kier molecular flexibility index (Phi) is 5.54. The summed E-state index contributed by atoms with van der Waals surface area (Å²) in [6, 6.07) is 30.4. The maximum Gasteiger partial charge on any atom is 0.324 e. The van der Waals surface area contributed by atoms with Gasteiger partial charge in [0.2, 0.25) is 0 Å². The molecule has 142 valence electrons. The van der Waals surface area contributed by atoms with Gasteiger partial charge in [-0.15, -0.1) is 0 Å². The van der Waals surface area contributed by atoms with Crippen molar-refractivity contribution in [1.29, 1.82) is 0 Å². The van der Waals surface area contributed by atoms with Crippen LogP contribution in [-0.4, -0.2) is 23.5 Å². The monoisotopic (exact) mass is 371 g/mol. The Morgan fingerprint density at radius 1 is 0.893 bits per heavy atom. The summed E-state index contributed by atoms with van der Waals surface area (Å²) in [5, 5.41) is 0. The first-order valence-electron chi connectivity index (χ1n) is 9.80. The molecule has 1 aliphatic rings. The number of likely N-dealkylation sites (tertiary alicyclic amines) is 1. The third-order valence-electron chi connectivity index (χ3n) is 5.42. The fraction of sp³-hybridized carbons (Fsp3) is 0.240. The number of hydrogen-bond acceptors (Lipinski definition) is 3. The number of benzene rings is 3. The number of rotatable bonds is 6. The first kappa shape index (κ1) is 18.5. The second-order valence-corrected chi connectivity index (χ2v) is 7.44. The van der Waals surface area contributed by atoms with Crippen molar-refractivity contribution < 1.29 is 9.53 Å². The summed E-state index contributed by atoms with van der Waals surface area (Å²) >= 11 is 0. The lowest BCUT2D eigenvalue weighted by Crippen LogP contribution is -2.60. The number of nitrogens with zero attached hydrogens (tertiary/aromatic N) is 1. The van der Waals surface area contributed by atoms with Crippen LogP contribution in [0.15, 0.2) is 91.0 Å². The summed E-state index contributed by atoms with van der Waals surface area (Å²) in [7, 11) is 0. The van der Waals surface area contributed by atoms with Crippen molar-refractivity contribution in [1.82, 2.24) is 4.90 Å². The van der Waals surface area contributed by atoms with Crippen LogP contribution in [0.5, 0.6) is 0 Å². The average Bonchev–Trinajstić information content (AvgIpc) is 2.74. The van der Waals surface area contributed by atoms with Gasteiger partial charge in [0.25, 0.3) is 0 Å². The molecule has 4 rings (SSSR count). The van der Waals surface area contributed by atoms with E-state index in [9.17, 15) is 4.79 Å². The van der Waals surface area contributed by atoms with Crippen molar-refractivity contribution in [3.63, 3.8) is 0 Å². The molecule has 0 aromatic heterocycles. The van der Waals surface area contributed by atoms with Gasteiger partial charge in [-0.1, -0.05) is 97.9 Å². The van der Waals surface area contributed by atoms with E-state index < -0.39 is 0 Å². The molecule has 0 bridgehead atoms. The van der Waals surface area contributed by atoms with E-state index in [1.165, 1.54) is 11.1 Å². The summed E-state index contributed by atoms with van der Waals surface area (Å²) in [4.78, 5) is 15.2. The third-order valence-corrected chi connectivity index (χ3v) is 5.42. The lowest BCUT2D eigenvalue weighted by molar-refractivity contribution is -0.163. The van der Waals surface area contributed by atoms with Crippen LogP contribution in [0.25, 0.3) is 0 Å². The van der Waals surface area contributed by atoms with E-state index in [2.05, 4.69) is 60.4 Å². The van der Waals surface area contributed by atoms with Crippen molar-refractivity contribution in [3.05, 3.63) is 108 Å². The van der Waals surface area contributed by atoms with Crippen molar-refractivity contribution >= 4 is 5.97 Å². The Labute approximate surface area is 166 Å². The average molecular weight is 371 g/mol. The minimum Gasteiger partial charge on any atom is -0.460 e. The van der Waals surface area contributed by atoms with Gasteiger partial charge in [-0.05, 0) is 22.6 Å². The van der Waals surface area contributed by atoms with E-state index >= 15 is 0 Å². The first-order chi connectivity index (χ1) is 13.7. The molecule has 1 saturated heterocycles. The van der Waals surface area contributed by atoms with Crippen molar-refractivity contribution in [3.8, 4) is 0 Å². The van der Waals surface area contributed by atoms with E-state index in [0.29, 0.717) is 6.61 Å². The molecule has 2 atom stereocenters. The molecule has 0 amide bonds. The fourth-order valence-electron chi connectivity index (χ4n) is 4.03. The summed E-state index contributed by atoms with van der Waals surface area (Å²) in [5.41, 5.74) is 3.40. The van der Waals surface area contributed by atoms with E-state index in [-0.39, 0.29) is 24.0 Å². The molecule has 0 radical (unpaired) electrons. The third kappa shape index (κ3) is 3.85. The van der Waals surface area contributed by atoms with Crippen LogP contribution in [0.4, 0.5) is 0 Å². The molecule has 1 fully saturated rings. The van der Waals surface area contributed by atoms with E-state index in [0.717, 1.165) is 12.1 Å². The molecule has 1 heterocycles. The number of carbonyl (C=O) groups is 1. The van der Waals surface area contributed by atoms with Gasteiger partial charge < -0.3 is 4.74 Å². The van der Waals surface area contributed by atoms with Gasteiger partial charge in [0.1, 0.15) is 12.6 Å². The Hall–Kier alpha value is -2.91. The summed E-state index contributed by atoms with van der Waals surface area (Å²) in [6.45, 7) is 3.32. The van der Waals surface area contributed by atoms with Gasteiger partial charge in [-0.2, -0.15) is 0 Å². The van der Waals surface area contributed by atoms with Crippen LogP contribution in [0.1, 0.15) is 29.7 Å². The Morgan fingerprint density at radius 3 is 1.89 bits per heavy atom. The van der Waals surface area contributed by atoms with Crippen LogP contribution in [0, 0.1) is 5.92 Å². The highest BCUT2D eigenvalue weighted by Crippen LogP contribution is 2.39. The van der Waals surface area contributed by atoms with Gasteiger partial charge in [0, 0.05) is 6.54 Å². The van der Waals surface area contributed by atoms with E-state index in [4.69, 9.17) is 4.74 Å². The highest BCUT2D eigenvalue weighted by molar-refractivity contribution is 5.77. The maximum absolute atomic E-state index is 12.9. The van der Waals surface area contributed by atoms with Crippen LogP contribution < -0.4 is 0 Å². The molecule has 3 aromatic carbocycles. The lowest BCUT2D eigenvalue weighted by atomic mass is 9.84. The molecular weight excluding hydrogens is 346 g/mol. The molecule has 2 unspecified atom stereocenters. The quantitative estimate of drug-likeness (QED) is 0.581. The number of esters is 1. The molecule has 3 heteroatoms. The molecule has 1 aliphatic heterocycles. The summed E-state index contributed by atoms with van der Waals surface area (Å²) in [6.07, 6.45) is 0. The summed E-state index contributed by atoms with van der Waals surface area (Å²) < 4.78 is 5.67. The van der Waals surface area contributed by atoms with E-state index in [1.54, 1.807) is 0 Å². The normalized spacial score (nSPS) is 19.2. The number of hydrogen-bond donors (Lipinski definition) is 0. The molecule has 0 N–H and O–H groups in total. The SMILES string of the molecule is CC1CN(C(c2ccccc2)c2ccccc2)C1C(=O)OCc1ccccc1. The van der Waals surface area contributed by atoms with Gasteiger partial charge >= 0.3 is 5.97 Å². The lowest BCUT2D eigenvalue weighted by Gasteiger charge is -2.49. The predicted octanol–water partition coefficient (Wildman–Crippen LogP) is 4.84. The Morgan fingerprint density at radius 2 is 1.39 bits per heavy atom. The second-order valence-electron chi connectivity index (χ2n) is 7.44. The van der Waals surface area contributed by atoms with Crippen molar-refractivity contribution in [2.75, 3.05) is 6.54 Å². The molecule has 0 spiro atoms. The molecule has 28 heavy (non-hydrogen) atoms. The minimum absolute atomic E-state index is 0.0490. The van der Waals surface area contributed by atoms with Crippen LogP contribution in [0.2, 0.25) is 0 Å². The zero-order chi connectivity index (χ0) is 19.3. The zero-order valence-electron chi connectivity index (χ0n) is 16.1.